The third-order valence-electron chi connectivity index (χ3n) is 5.64. The monoisotopic (exact) mass is 467 g/mol. The van der Waals surface area contributed by atoms with Crippen molar-refractivity contribution < 1.29 is 27.2 Å². The molecule has 3 N–H and O–H groups in total. The molecule has 0 aliphatic carbocycles. The Morgan fingerprint density at radius 3 is 2.27 bits per heavy atom. The summed E-state index contributed by atoms with van der Waals surface area (Å²) in [4.78, 5) is 36.8. The Bertz CT molecular complexity index is 995. The second-order valence-electron chi connectivity index (χ2n) is 7.89. The van der Waals surface area contributed by atoms with Gasteiger partial charge in [0.15, 0.2) is 5.69 Å². The fourth-order valence-electron chi connectivity index (χ4n) is 3.87. The van der Waals surface area contributed by atoms with Crippen LogP contribution in [0.3, 0.4) is 0 Å². The number of piperidine rings is 1. The molecule has 2 fully saturated rings. The molecule has 0 spiro atoms. The fourth-order valence-corrected chi connectivity index (χ4v) is 3.87. The van der Waals surface area contributed by atoms with Crippen LogP contribution in [0.4, 0.5) is 35.5 Å². The number of piperazine rings is 1. The maximum absolute atomic E-state index is 13.5. The fraction of sp³-hybridized carbons (Fsp3) is 0.500. The second-order valence-corrected chi connectivity index (χ2v) is 7.89. The van der Waals surface area contributed by atoms with Crippen LogP contribution in [0.2, 0.25) is 0 Å². The number of nitrogens with zero attached hydrogens (tertiary/aromatic N) is 5. The van der Waals surface area contributed by atoms with E-state index in [0.717, 1.165) is 19.3 Å². The molecule has 33 heavy (non-hydrogen) atoms. The summed E-state index contributed by atoms with van der Waals surface area (Å²) in [7, 11) is 0. The van der Waals surface area contributed by atoms with Crippen molar-refractivity contribution in [2.24, 2.45) is 5.73 Å². The standard InChI is InChI=1S/C20H24F3N7O3/c21-20(22,23)16-15(33-19(27-16)30-6-2-1-3-7-30)17(31)26-13-4-5-14(25-12-13)28-8-10-29(11-9-28)18(24)32/h4-5,12H,1-3,6-11H2,(H2,24,32)(H,26,31). The smallest absolute Gasteiger partial charge is 0.417 e. The molecule has 0 unspecified atom stereocenters. The van der Waals surface area contributed by atoms with Crippen LogP contribution in [0.15, 0.2) is 22.7 Å². The average molecular weight is 467 g/mol. The summed E-state index contributed by atoms with van der Waals surface area (Å²) in [5.41, 5.74) is 4.14. The molecule has 0 radical (unpaired) electrons. The third-order valence-corrected chi connectivity index (χ3v) is 5.64. The van der Waals surface area contributed by atoms with Crippen LogP contribution in [-0.4, -0.2) is 66.1 Å². The Morgan fingerprint density at radius 2 is 1.70 bits per heavy atom. The zero-order chi connectivity index (χ0) is 23.6. The number of hydrogen-bond acceptors (Lipinski definition) is 7. The van der Waals surface area contributed by atoms with Crippen LogP contribution in [0, 0.1) is 0 Å². The normalized spacial score (nSPS) is 17.2. The van der Waals surface area contributed by atoms with Crippen molar-refractivity contribution in [1.82, 2.24) is 14.9 Å². The van der Waals surface area contributed by atoms with Gasteiger partial charge in [0.05, 0.1) is 11.9 Å². The minimum absolute atomic E-state index is 0.198. The summed E-state index contributed by atoms with van der Waals surface area (Å²) in [6, 6.07) is 2.50. The number of halogens is 3. The number of oxazole rings is 1. The van der Waals surface area contributed by atoms with Gasteiger partial charge in [-0.05, 0) is 31.4 Å². The molecule has 4 heterocycles. The number of aromatic nitrogens is 2. The number of pyridine rings is 1. The first-order chi connectivity index (χ1) is 15.7. The van der Waals surface area contributed by atoms with Crippen molar-refractivity contribution in [3.63, 3.8) is 0 Å². The summed E-state index contributed by atoms with van der Waals surface area (Å²) >= 11 is 0. The number of nitrogens with two attached hydrogens (primary N) is 1. The van der Waals surface area contributed by atoms with E-state index >= 15 is 0 Å². The van der Waals surface area contributed by atoms with Gasteiger partial charge >= 0.3 is 12.2 Å². The number of primary amides is 1. The molecule has 2 aromatic rings. The highest BCUT2D eigenvalue weighted by molar-refractivity contribution is 6.03. The molecule has 0 atom stereocenters. The molecule has 3 amide bonds. The molecule has 4 rings (SSSR count). The quantitative estimate of drug-likeness (QED) is 0.709. The molecule has 0 saturated carbocycles. The SMILES string of the molecule is NC(=O)N1CCN(c2ccc(NC(=O)c3oc(N4CCCCC4)nc3C(F)(F)F)cn2)CC1. The Balaban J connectivity index is 1.45. The molecule has 2 aliphatic heterocycles. The van der Waals surface area contributed by atoms with Crippen LogP contribution >= 0.6 is 0 Å². The van der Waals surface area contributed by atoms with Crippen molar-refractivity contribution >= 4 is 29.5 Å². The topological polar surface area (TPSA) is 121 Å². The predicted molar refractivity (Wildman–Crippen MR) is 113 cm³/mol. The van der Waals surface area contributed by atoms with E-state index in [1.807, 2.05) is 4.90 Å². The molecular weight excluding hydrogens is 443 g/mol. The maximum atomic E-state index is 13.5. The van der Waals surface area contributed by atoms with Gasteiger partial charge in [-0.15, -0.1) is 0 Å². The Kier molecular flexibility index (Phi) is 6.29. The van der Waals surface area contributed by atoms with E-state index in [1.54, 1.807) is 11.0 Å². The lowest BCUT2D eigenvalue weighted by atomic mass is 10.1. The number of alkyl halides is 3. The molecule has 178 valence electrons. The Morgan fingerprint density at radius 1 is 1.00 bits per heavy atom. The summed E-state index contributed by atoms with van der Waals surface area (Å²) in [5.74, 6) is -1.32. The minimum Gasteiger partial charge on any atom is -0.417 e. The molecule has 0 aromatic carbocycles. The molecule has 2 aliphatic rings. The van der Waals surface area contributed by atoms with Crippen molar-refractivity contribution in [3.8, 4) is 0 Å². The van der Waals surface area contributed by atoms with E-state index in [2.05, 4.69) is 15.3 Å². The van der Waals surface area contributed by atoms with Gasteiger partial charge in [0.25, 0.3) is 11.9 Å². The Labute approximate surface area is 187 Å². The first-order valence-electron chi connectivity index (χ1n) is 10.6. The Hall–Kier alpha value is -3.51. The highest BCUT2D eigenvalue weighted by Gasteiger charge is 2.42. The van der Waals surface area contributed by atoms with Gasteiger partial charge in [0.1, 0.15) is 5.82 Å². The van der Waals surface area contributed by atoms with Crippen molar-refractivity contribution in [2.45, 2.75) is 25.4 Å². The van der Waals surface area contributed by atoms with Crippen LogP contribution in [0.25, 0.3) is 0 Å². The number of carbonyl (C=O) groups is 2. The summed E-state index contributed by atoms with van der Waals surface area (Å²) in [6.07, 6.45) is -0.857. The number of nitrogens with one attached hydrogen (secondary N) is 1. The number of urea groups is 1. The van der Waals surface area contributed by atoms with E-state index in [1.165, 1.54) is 17.2 Å². The van der Waals surface area contributed by atoms with Crippen molar-refractivity contribution in [2.75, 3.05) is 54.4 Å². The average Bonchev–Trinajstić information content (AvgIpc) is 3.27. The van der Waals surface area contributed by atoms with E-state index in [0.29, 0.717) is 45.1 Å². The van der Waals surface area contributed by atoms with E-state index in [-0.39, 0.29) is 11.7 Å². The highest BCUT2D eigenvalue weighted by Crippen LogP contribution is 2.35. The van der Waals surface area contributed by atoms with E-state index in [9.17, 15) is 22.8 Å². The first-order valence-corrected chi connectivity index (χ1v) is 10.6. The lowest BCUT2D eigenvalue weighted by Gasteiger charge is -2.34. The number of anilines is 3. The van der Waals surface area contributed by atoms with Gasteiger partial charge in [-0.3, -0.25) is 4.79 Å². The lowest BCUT2D eigenvalue weighted by Crippen LogP contribution is -2.50. The van der Waals surface area contributed by atoms with Crippen molar-refractivity contribution in [3.05, 3.63) is 29.8 Å². The van der Waals surface area contributed by atoms with Gasteiger partial charge in [-0.25, -0.2) is 9.78 Å². The third kappa shape index (κ3) is 5.12. The predicted octanol–water partition coefficient (Wildman–Crippen LogP) is 2.53. The largest absolute Gasteiger partial charge is 0.437 e. The van der Waals surface area contributed by atoms with Crippen LogP contribution in [0.1, 0.15) is 35.5 Å². The van der Waals surface area contributed by atoms with Gasteiger partial charge in [0, 0.05) is 39.3 Å². The molecular formula is C20H24F3N7O3. The minimum atomic E-state index is -4.83. The van der Waals surface area contributed by atoms with Crippen LogP contribution < -0.4 is 20.9 Å². The summed E-state index contributed by atoms with van der Waals surface area (Å²) < 4.78 is 45.8. The molecule has 2 saturated heterocycles. The molecule has 13 heteroatoms. The summed E-state index contributed by atoms with van der Waals surface area (Å²) in [6.45, 7) is 3.04. The number of rotatable bonds is 4. The van der Waals surface area contributed by atoms with Crippen molar-refractivity contribution in [1.29, 1.82) is 0 Å². The van der Waals surface area contributed by atoms with Gasteiger partial charge in [0.2, 0.25) is 5.76 Å². The summed E-state index contributed by atoms with van der Waals surface area (Å²) in [5, 5.41) is 2.40. The molecule has 2 aromatic heterocycles. The maximum Gasteiger partial charge on any atom is 0.437 e. The van der Waals surface area contributed by atoms with E-state index in [4.69, 9.17) is 10.2 Å². The number of amides is 3. The first kappa shape index (κ1) is 22.7. The number of carbonyl (C=O) groups excluding carboxylic acids is 2. The van der Waals surface area contributed by atoms with Gasteiger partial charge < -0.3 is 30.2 Å². The second kappa shape index (κ2) is 9.16. The zero-order valence-corrected chi connectivity index (χ0v) is 17.8. The molecule has 0 bridgehead atoms. The van der Waals surface area contributed by atoms with E-state index < -0.39 is 29.6 Å². The van der Waals surface area contributed by atoms with Gasteiger partial charge in [-0.2, -0.15) is 18.2 Å². The zero-order valence-electron chi connectivity index (χ0n) is 17.8. The van der Waals surface area contributed by atoms with Gasteiger partial charge in [-0.1, -0.05) is 0 Å². The van der Waals surface area contributed by atoms with Crippen LogP contribution in [0.5, 0.6) is 0 Å². The number of hydrogen-bond donors (Lipinski definition) is 2. The lowest BCUT2D eigenvalue weighted by molar-refractivity contribution is -0.141. The van der Waals surface area contributed by atoms with Crippen LogP contribution in [-0.2, 0) is 6.18 Å². The molecule has 10 nitrogen and oxygen atoms in total. The highest BCUT2D eigenvalue weighted by atomic mass is 19.4.